The van der Waals surface area contributed by atoms with Crippen LogP contribution in [0.2, 0.25) is 0 Å². The molecule has 0 saturated carbocycles. The number of hydrogen-bond acceptors (Lipinski definition) is 12. The van der Waals surface area contributed by atoms with Crippen molar-refractivity contribution in [2.75, 3.05) is 6.61 Å². The van der Waals surface area contributed by atoms with E-state index < -0.39 is 54.6 Å². The molecule has 0 amide bonds. The van der Waals surface area contributed by atoms with E-state index in [9.17, 15) is 19.2 Å². The summed E-state index contributed by atoms with van der Waals surface area (Å²) >= 11 is 0. The Bertz CT molecular complexity index is 1030. The number of carbonyl (C=O) groups excluding carboxylic acids is 4. The van der Waals surface area contributed by atoms with Gasteiger partial charge >= 0.3 is 23.9 Å². The molecular weight excluding hydrogens is 478 g/mol. The van der Waals surface area contributed by atoms with Crippen molar-refractivity contribution >= 4 is 23.9 Å². The topological polar surface area (TPSA) is 154 Å². The molecule has 1 aliphatic carbocycles. The van der Waals surface area contributed by atoms with E-state index in [0.29, 0.717) is 12.2 Å². The van der Waals surface area contributed by atoms with Crippen LogP contribution >= 0.6 is 0 Å². The van der Waals surface area contributed by atoms with E-state index >= 15 is 0 Å². The molecule has 0 radical (unpaired) electrons. The molecule has 0 spiro atoms. The standard InChI is InChI=1S/C23H29N3O10/c1-13(27)31-12-19-20(33-14(2)28)21(34-15(3)29)22(35-16(4)30)23(36-19)32-11-18-10-26(25-24-18)9-17-7-5-6-8-17/h5-7,10,19-23H,8-9,11-12H2,1-4H3/t19-,20-,21+,22+,23+/m1/s1. The number of rotatable bonds is 10. The maximum Gasteiger partial charge on any atom is 0.303 e. The average Bonchev–Trinajstić information content (AvgIpc) is 3.46. The summed E-state index contributed by atoms with van der Waals surface area (Å²) in [5, 5.41) is 8.16. The molecule has 1 saturated heterocycles. The third-order valence-electron chi connectivity index (χ3n) is 5.14. The van der Waals surface area contributed by atoms with Gasteiger partial charge in [0.05, 0.1) is 19.3 Å². The lowest BCUT2D eigenvalue weighted by molar-refractivity contribution is -0.310. The molecule has 1 fully saturated rings. The Morgan fingerprint density at radius 3 is 2.25 bits per heavy atom. The highest BCUT2D eigenvalue weighted by Gasteiger charge is 2.52. The van der Waals surface area contributed by atoms with Crippen molar-refractivity contribution < 1.29 is 47.6 Å². The lowest BCUT2D eigenvalue weighted by Gasteiger charge is -2.43. The maximum atomic E-state index is 11.9. The molecule has 2 heterocycles. The number of ether oxygens (including phenoxy) is 6. The zero-order chi connectivity index (χ0) is 26.2. The van der Waals surface area contributed by atoms with E-state index in [1.807, 2.05) is 18.2 Å². The Morgan fingerprint density at radius 1 is 0.972 bits per heavy atom. The molecule has 1 aliphatic heterocycles. The summed E-state index contributed by atoms with van der Waals surface area (Å²) < 4.78 is 34.5. The SMILES string of the molecule is CC(=O)OC[C@H]1O[C@H](OCc2cn(CC3=CC=CC3)nn2)[C@@H](OC(C)=O)[C@@H](OC(C)=O)[C@@H]1OC(C)=O. The maximum absolute atomic E-state index is 11.9. The van der Waals surface area contributed by atoms with E-state index in [1.54, 1.807) is 10.9 Å². The number of nitrogens with zero attached hydrogens (tertiary/aromatic N) is 3. The summed E-state index contributed by atoms with van der Waals surface area (Å²) in [5.74, 6) is -2.75. The summed E-state index contributed by atoms with van der Waals surface area (Å²) in [7, 11) is 0. The molecule has 0 aromatic carbocycles. The van der Waals surface area contributed by atoms with Gasteiger partial charge in [-0.3, -0.25) is 19.2 Å². The molecule has 5 atom stereocenters. The second kappa shape index (κ2) is 12.4. The first kappa shape index (κ1) is 27.0. The van der Waals surface area contributed by atoms with Gasteiger partial charge in [-0.15, -0.1) is 5.10 Å². The zero-order valence-electron chi connectivity index (χ0n) is 20.4. The van der Waals surface area contributed by atoms with Gasteiger partial charge in [0.25, 0.3) is 0 Å². The zero-order valence-corrected chi connectivity index (χ0v) is 20.4. The van der Waals surface area contributed by atoms with Crippen LogP contribution in [-0.4, -0.2) is 76.2 Å². The minimum absolute atomic E-state index is 0.0922. The first-order chi connectivity index (χ1) is 17.1. The Labute approximate surface area is 207 Å². The van der Waals surface area contributed by atoms with Crippen LogP contribution in [0.4, 0.5) is 0 Å². The molecule has 1 aromatic heterocycles. The van der Waals surface area contributed by atoms with Gasteiger partial charge in [-0.1, -0.05) is 23.4 Å². The highest BCUT2D eigenvalue weighted by atomic mass is 16.7. The van der Waals surface area contributed by atoms with Crippen molar-refractivity contribution in [2.45, 2.75) is 78.0 Å². The number of aromatic nitrogens is 3. The smallest absolute Gasteiger partial charge is 0.303 e. The fraction of sp³-hybridized carbons (Fsp3) is 0.565. The highest BCUT2D eigenvalue weighted by Crippen LogP contribution is 2.30. The van der Waals surface area contributed by atoms with Crippen molar-refractivity contribution in [2.24, 2.45) is 0 Å². The molecule has 3 rings (SSSR count). The molecule has 1 aromatic rings. The Balaban J connectivity index is 1.80. The average molecular weight is 507 g/mol. The number of carbonyl (C=O) groups is 4. The second-order valence-electron chi connectivity index (χ2n) is 8.24. The summed E-state index contributed by atoms with van der Waals surface area (Å²) in [6.45, 7) is 4.80. The van der Waals surface area contributed by atoms with Gasteiger partial charge in [0, 0.05) is 27.7 Å². The van der Waals surface area contributed by atoms with Gasteiger partial charge in [0.1, 0.15) is 18.4 Å². The van der Waals surface area contributed by atoms with Crippen LogP contribution in [0.5, 0.6) is 0 Å². The van der Waals surface area contributed by atoms with Gasteiger partial charge in [-0.2, -0.15) is 0 Å². The predicted octanol–water partition coefficient (Wildman–Crippen LogP) is 0.764. The van der Waals surface area contributed by atoms with E-state index in [-0.39, 0.29) is 13.2 Å². The van der Waals surface area contributed by atoms with Crippen molar-refractivity contribution in [1.82, 2.24) is 15.0 Å². The van der Waals surface area contributed by atoms with Crippen molar-refractivity contribution in [3.8, 4) is 0 Å². The Hall–Kier alpha value is -3.58. The van der Waals surface area contributed by atoms with E-state index in [0.717, 1.165) is 27.2 Å². The summed E-state index contributed by atoms with van der Waals surface area (Å²) in [6.07, 6.45) is 2.36. The largest absolute Gasteiger partial charge is 0.463 e. The number of esters is 4. The molecular formula is C23H29N3O10. The van der Waals surface area contributed by atoms with Crippen LogP contribution < -0.4 is 0 Å². The monoisotopic (exact) mass is 507 g/mol. The molecule has 36 heavy (non-hydrogen) atoms. The van der Waals surface area contributed by atoms with Crippen molar-refractivity contribution in [3.63, 3.8) is 0 Å². The van der Waals surface area contributed by atoms with Gasteiger partial charge < -0.3 is 28.4 Å². The molecule has 0 bridgehead atoms. The van der Waals surface area contributed by atoms with Gasteiger partial charge in [-0.25, -0.2) is 4.68 Å². The predicted molar refractivity (Wildman–Crippen MR) is 119 cm³/mol. The number of hydrogen-bond donors (Lipinski definition) is 0. The first-order valence-corrected chi connectivity index (χ1v) is 11.3. The third kappa shape index (κ3) is 7.71. The fourth-order valence-corrected chi connectivity index (χ4v) is 3.79. The molecule has 13 nitrogen and oxygen atoms in total. The van der Waals surface area contributed by atoms with Crippen molar-refractivity contribution in [3.05, 3.63) is 35.7 Å². The van der Waals surface area contributed by atoms with Crippen LogP contribution in [-0.2, 0) is 60.8 Å². The van der Waals surface area contributed by atoms with Crippen LogP contribution in [0.25, 0.3) is 0 Å². The normalized spacial score (nSPS) is 25.1. The van der Waals surface area contributed by atoms with Crippen LogP contribution in [0.1, 0.15) is 39.8 Å². The molecule has 0 N–H and O–H groups in total. The Morgan fingerprint density at radius 2 is 1.64 bits per heavy atom. The van der Waals surface area contributed by atoms with Crippen LogP contribution in [0.3, 0.4) is 0 Å². The minimum Gasteiger partial charge on any atom is -0.463 e. The fourth-order valence-electron chi connectivity index (χ4n) is 3.79. The third-order valence-corrected chi connectivity index (χ3v) is 5.14. The summed E-state index contributed by atoms with van der Waals surface area (Å²) in [5.41, 5.74) is 1.64. The lowest BCUT2D eigenvalue weighted by Crippen LogP contribution is -2.62. The van der Waals surface area contributed by atoms with Gasteiger partial charge in [0.15, 0.2) is 24.6 Å². The van der Waals surface area contributed by atoms with E-state index in [1.165, 1.54) is 12.5 Å². The van der Waals surface area contributed by atoms with Crippen molar-refractivity contribution in [1.29, 1.82) is 0 Å². The molecule has 13 heteroatoms. The minimum atomic E-state index is -1.30. The highest BCUT2D eigenvalue weighted by molar-refractivity contribution is 5.68. The van der Waals surface area contributed by atoms with E-state index in [2.05, 4.69) is 10.3 Å². The lowest BCUT2D eigenvalue weighted by atomic mass is 9.98. The van der Waals surface area contributed by atoms with E-state index in [4.69, 9.17) is 28.4 Å². The molecule has 196 valence electrons. The molecule has 0 unspecified atom stereocenters. The van der Waals surface area contributed by atoms with Gasteiger partial charge in [-0.05, 0) is 12.0 Å². The number of allylic oxidation sites excluding steroid dienone is 4. The Kier molecular flexibility index (Phi) is 9.31. The summed E-state index contributed by atoms with van der Waals surface area (Å²) in [6, 6.07) is 0. The summed E-state index contributed by atoms with van der Waals surface area (Å²) in [4.78, 5) is 46.9. The first-order valence-electron chi connectivity index (χ1n) is 11.3. The van der Waals surface area contributed by atoms with Crippen LogP contribution in [0, 0.1) is 0 Å². The quantitative estimate of drug-likeness (QED) is 0.324. The second-order valence-corrected chi connectivity index (χ2v) is 8.24. The van der Waals surface area contributed by atoms with Gasteiger partial charge in [0.2, 0.25) is 0 Å². The molecule has 2 aliphatic rings. The van der Waals surface area contributed by atoms with Crippen LogP contribution in [0.15, 0.2) is 30.0 Å².